The number of anilines is 1. The quantitative estimate of drug-likeness (QED) is 0.657. The smallest absolute Gasteiger partial charge is 0.281 e. The largest absolute Gasteiger partial charge is 0.337 e. The molecule has 1 aromatic heterocycles. The Hall–Kier alpha value is -2.19. The Bertz CT molecular complexity index is 668. The van der Waals surface area contributed by atoms with Gasteiger partial charge in [0.15, 0.2) is 5.82 Å². The molecule has 110 valence electrons. The van der Waals surface area contributed by atoms with Gasteiger partial charge in [0.2, 0.25) is 5.95 Å². The second-order valence-corrected chi connectivity index (χ2v) is 5.08. The van der Waals surface area contributed by atoms with Gasteiger partial charge < -0.3 is 10.2 Å². The van der Waals surface area contributed by atoms with Crippen LogP contribution in [0.2, 0.25) is 5.02 Å². The Morgan fingerprint density at radius 3 is 2.81 bits per heavy atom. The predicted molar refractivity (Wildman–Crippen MR) is 78.6 cm³/mol. The first-order valence-corrected chi connectivity index (χ1v) is 6.85. The maximum Gasteiger partial charge on any atom is 0.281 e. The molecule has 2 heterocycles. The summed E-state index contributed by atoms with van der Waals surface area (Å²) in [6.45, 7) is 3.34. The molecule has 0 amide bonds. The summed E-state index contributed by atoms with van der Waals surface area (Å²) in [5.74, 6) is 0.919. The zero-order chi connectivity index (χ0) is 14.8. The monoisotopic (exact) mass is 308 g/mol. The standard InChI is InChI=1S/C12H13ClN6O2/c13-8-1-2-9(10(7-8)19(20)21)11-15-12(17-16-11)18-5-3-14-4-6-18/h1-2,7,14H,3-6H2,(H,15,16,17). The van der Waals surface area contributed by atoms with Gasteiger partial charge in [-0.1, -0.05) is 11.6 Å². The first-order chi connectivity index (χ1) is 10.1. The van der Waals surface area contributed by atoms with E-state index >= 15 is 0 Å². The van der Waals surface area contributed by atoms with Crippen LogP contribution in [0.15, 0.2) is 18.2 Å². The second kappa shape index (κ2) is 5.66. The number of aromatic amines is 1. The van der Waals surface area contributed by atoms with Crippen molar-refractivity contribution >= 4 is 23.2 Å². The highest BCUT2D eigenvalue weighted by molar-refractivity contribution is 6.30. The molecule has 2 aromatic rings. The van der Waals surface area contributed by atoms with Crippen LogP contribution >= 0.6 is 11.6 Å². The van der Waals surface area contributed by atoms with Crippen LogP contribution < -0.4 is 10.2 Å². The molecular weight excluding hydrogens is 296 g/mol. The fourth-order valence-corrected chi connectivity index (χ4v) is 2.40. The van der Waals surface area contributed by atoms with Crippen molar-refractivity contribution in [3.05, 3.63) is 33.3 Å². The highest BCUT2D eigenvalue weighted by Crippen LogP contribution is 2.30. The molecule has 1 aliphatic heterocycles. The van der Waals surface area contributed by atoms with Gasteiger partial charge in [-0.05, 0) is 12.1 Å². The average Bonchev–Trinajstić information content (AvgIpc) is 2.97. The fourth-order valence-electron chi connectivity index (χ4n) is 2.24. The summed E-state index contributed by atoms with van der Waals surface area (Å²) in [6, 6.07) is 4.48. The molecule has 0 unspecified atom stereocenters. The Labute approximate surface area is 125 Å². The molecule has 2 N–H and O–H groups in total. The third kappa shape index (κ3) is 2.81. The van der Waals surface area contributed by atoms with Gasteiger partial charge >= 0.3 is 0 Å². The van der Waals surface area contributed by atoms with Gasteiger partial charge in [0.25, 0.3) is 5.69 Å². The lowest BCUT2D eigenvalue weighted by Gasteiger charge is -2.25. The Morgan fingerprint density at radius 2 is 2.10 bits per heavy atom. The van der Waals surface area contributed by atoms with Crippen LogP contribution in [-0.2, 0) is 0 Å². The summed E-state index contributed by atoms with van der Waals surface area (Å²) in [7, 11) is 0. The molecule has 0 bridgehead atoms. The maximum atomic E-state index is 11.1. The van der Waals surface area contributed by atoms with Crippen molar-refractivity contribution in [3.8, 4) is 11.4 Å². The van der Waals surface area contributed by atoms with Crippen molar-refractivity contribution < 1.29 is 4.92 Å². The summed E-state index contributed by atoms with van der Waals surface area (Å²) in [6.07, 6.45) is 0. The molecule has 0 atom stereocenters. The predicted octanol–water partition coefficient (Wildman–Crippen LogP) is 1.44. The summed E-state index contributed by atoms with van der Waals surface area (Å²) < 4.78 is 0. The molecule has 1 fully saturated rings. The molecule has 1 saturated heterocycles. The van der Waals surface area contributed by atoms with Crippen molar-refractivity contribution in [1.29, 1.82) is 0 Å². The molecule has 8 nitrogen and oxygen atoms in total. The molecule has 21 heavy (non-hydrogen) atoms. The zero-order valence-corrected chi connectivity index (χ0v) is 11.8. The minimum absolute atomic E-state index is 0.0921. The number of rotatable bonds is 3. The Kier molecular flexibility index (Phi) is 3.72. The number of nitrogens with zero attached hydrogens (tertiary/aromatic N) is 4. The van der Waals surface area contributed by atoms with Crippen LogP contribution in [0.3, 0.4) is 0 Å². The van der Waals surface area contributed by atoms with Gasteiger partial charge in [-0.25, -0.2) is 0 Å². The molecule has 1 aromatic carbocycles. The highest BCUT2D eigenvalue weighted by Gasteiger charge is 2.21. The van der Waals surface area contributed by atoms with Crippen LogP contribution in [-0.4, -0.2) is 46.3 Å². The number of nitrogens with one attached hydrogen (secondary N) is 2. The van der Waals surface area contributed by atoms with Gasteiger partial charge in [-0.2, -0.15) is 4.98 Å². The van der Waals surface area contributed by atoms with Crippen molar-refractivity contribution in [2.24, 2.45) is 0 Å². The number of aromatic nitrogens is 3. The number of nitro groups is 1. The van der Waals surface area contributed by atoms with E-state index in [1.54, 1.807) is 12.1 Å². The lowest BCUT2D eigenvalue weighted by Crippen LogP contribution is -2.44. The number of hydrogen-bond donors (Lipinski definition) is 2. The van der Waals surface area contributed by atoms with E-state index in [4.69, 9.17) is 11.6 Å². The third-order valence-corrected chi connectivity index (χ3v) is 3.52. The number of halogens is 1. The third-order valence-electron chi connectivity index (χ3n) is 3.29. The SMILES string of the molecule is O=[N+]([O-])c1cc(Cl)ccc1-c1nc(N2CCNCC2)n[nH]1. The normalized spacial score (nSPS) is 15.2. The van der Waals surface area contributed by atoms with Gasteiger partial charge in [0, 0.05) is 37.3 Å². The van der Waals surface area contributed by atoms with Crippen LogP contribution in [0.4, 0.5) is 11.6 Å². The molecule has 0 spiro atoms. The summed E-state index contributed by atoms with van der Waals surface area (Å²) in [4.78, 5) is 17.0. The fraction of sp³-hybridized carbons (Fsp3) is 0.333. The topological polar surface area (TPSA) is 100.0 Å². The summed E-state index contributed by atoms with van der Waals surface area (Å²) in [5, 5.41) is 21.6. The number of nitro benzene ring substituents is 1. The van der Waals surface area contributed by atoms with Crippen molar-refractivity contribution in [1.82, 2.24) is 20.5 Å². The van der Waals surface area contributed by atoms with E-state index in [1.807, 2.05) is 4.90 Å². The van der Waals surface area contributed by atoms with Crippen LogP contribution in [0, 0.1) is 10.1 Å². The van der Waals surface area contributed by atoms with E-state index in [0.717, 1.165) is 26.2 Å². The number of H-pyrrole nitrogens is 1. The minimum Gasteiger partial charge on any atom is -0.337 e. The van der Waals surface area contributed by atoms with E-state index in [2.05, 4.69) is 20.5 Å². The molecular formula is C12H13ClN6O2. The summed E-state index contributed by atoms with van der Waals surface area (Å²) >= 11 is 5.81. The second-order valence-electron chi connectivity index (χ2n) is 4.64. The van der Waals surface area contributed by atoms with Gasteiger partial charge in [-0.15, -0.1) is 5.10 Å². The molecule has 0 aliphatic carbocycles. The highest BCUT2D eigenvalue weighted by atomic mass is 35.5. The Morgan fingerprint density at radius 1 is 1.33 bits per heavy atom. The number of benzene rings is 1. The first-order valence-electron chi connectivity index (χ1n) is 6.47. The average molecular weight is 309 g/mol. The van der Waals surface area contributed by atoms with Crippen molar-refractivity contribution in [3.63, 3.8) is 0 Å². The van der Waals surface area contributed by atoms with E-state index in [0.29, 0.717) is 22.4 Å². The number of hydrogen-bond acceptors (Lipinski definition) is 6. The van der Waals surface area contributed by atoms with Crippen LogP contribution in [0.5, 0.6) is 0 Å². The zero-order valence-electron chi connectivity index (χ0n) is 11.0. The van der Waals surface area contributed by atoms with E-state index in [9.17, 15) is 10.1 Å². The first kappa shape index (κ1) is 13.8. The molecule has 0 radical (unpaired) electrons. The van der Waals surface area contributed by atoms with Crippen LogP contribution in [0.25, 0.3) is 11.4 Å². The lowest BCUT2D eigenvalue weighted by molar-refractivity contribution is -0.384. The van der Waals surface area contributed by atoms with Crippen LogP contribution in [0.1, 0.15) is 0 Å². The Balaban J connectivity index is 1.94. The number of piperazine rings is 1. The van der Waals surface area contributed by atoms with Gasteiger partial charge in [-0.3, -0.25) is 15.2 Å². The van der Waals surface area contributed by atoms with E-state index in [1.165, 1.54) is 6.07 Å². The molecule has 3 rings (SSSR count). The van der Waals surface area contributed by atoms with Crippen molar-refractivity contribution in [2.45, 2.75) is 0 Å². The van der Waals surface area contributed by atoms with E-state index < -0.39 is 4.92 Å². The molecule has 0 saturated carbocycles. The van der Waals surface area contributed by atoms with Gasteiger partial charge in [0.05, 0.1) is 10.5 Å². The minimum atomic E-state index is -0.478. The molecule has 1 aliphatic rings. The molecule has 9 heteroatoms. The van der Waals surface area contributed by atoms with E-state index in [-0.39, 0.29) is 5.69 Å². The van der Waals surface area contributed by atoms with Crippen molar-refractivity contribution in [2.75, 3.05) is 31.1 Å². The summed E-state index contributed by atoms with van der Waals surface area (Å²) in [5.41, 5.74) is 0.281. The van der Waals surface area contributed by atoms with Gasteiger partial charge in [0.1, 0.15) is 0 Å². The maximum absolute atomic E-state index is 11.1. The lowest BCUT2D eigenvalue weighted by atomic mass is 10.2.